The standard InChI is InChI=1S/C22H20N4O3S/c1-11-9-17(13(3)30-11)19-10-18(20-12(2)26-29-22(20)25-19)21(28)24-16-7-5-15(6-8-16)23-14(4)27/h5-10H,1-4H3,(H,23,27)(H,24,28). The van der Waals surface area contributed by atoms with E-state index < -0.39 is 0 Å². The van der Waals surface area contributed by atoms with Gasteiger partial charge >= 0.3 is 0 Å². The maximum Gasteiger partial charge on any atom is 0.259 e. The topological polar surface area (TPSA) is 97.1 Å². The summed E-state index contributed by atoms with van der Waals surface area (Å²) in [6, 6.07) is 10.8. The van der Waals surface area contributed by atoms with Crippen molar-refractivity contribution >= 4 is 45.6 Å². The Morgan fingerprint density at radius 1 is 1.00 bits per heavy atom. The molecule has 0 fully saturated rings. The Labute approximate surface area is 177 Å². The second-order valence-electron chi connectivity index (χ2n) is 7.04. The molecule has 30 heavy (non-hydrogen) atoms. The number of hydrogen-bond donors (Lipinski definition) is 2. The van der Waals surface area contributed by atoms with Gasteiger partial charge in [-0.25, -0.2) is 4.98 Å². The molecule has 4 aromatic rings. The Morgan fingerprint density at radius 2 is 1.67 bits per heavy atom. The normalized spacial score (nSPS) is 10.9. The Morgan fingerprint density at radius 3 is 2.27 bits per heavy atom. The quantitative estimate of drug-likeness (QED) is 0.479. The average Bonchev–Trinajstić information content (AvgIpc) is 3.23. The molecule has 0 radical (unpaired) electrons. The SMILES string of the molecule is CC(=O)Nc1ccc(NC(=O)c2cc(-c3cc(C)sc3C)nc3onc(C)c23)cc1. The van der Waals surface area contributed by atoms with Gasteiger partial charge in [-0.2, -0.15) is 0 Å². The highest BCUT2D eigenvalue weighted by Crippen LogP contribution is 2.33. The van der Waals surface area contributed by atoms with Crippen molar-refractivity contribution in [3.63, 3.8) is 0 Å². The fourth-order valence-electron chi connectivity index (χ4n) is 3.34. The molecule has 2 N–H and O–H groups in total. The molecule has 0 aliphatic rings. The van der Waals surface area contributed by atoms with E-state index in [1.54, 1.807) is 48.6 Å². The van der Waals surface area contributed by atoms with Crippen LogP contribution in [0.1, 0.15) is 32.7 Å². The highest BCUT2D eigenvalue weighted by Gasteiger charge is 2.20. The molecule has 7 nitrogen and oxygen atoms in total. The summed E-state index contributed by atoms with van der Waals surface area (Å²) in [6.45, 7) is 7.30. The van der Waals surface area contributed by atoms with Gasteiger partial charge in [-0.15, -0.1) is 11.3 Å². The number of nitrogens with one attached hydrogen (secondary N) is 2. The van der Waals surface area contributed by atoms with E-state index in [9.17, 15) is 9.59 Å². The lowest BCUT2D eigenvalue weighted by Gasteiger charge is -2.09. The predicted octanol–water partition coefficient (Wildman–Crippen LogP) is 5.09. The molecule has 0 bridgehead atoms. The van der Waals surface area contributed by atoms with Crippen molar-refractivity contribution in [2.24, 2.45) is 0 Å². The number of carbonyl (C=O) groups is 2. The Balaban J connectivity index is 1.71. The number of hydrogen-bond acceptors (Lipinski definition) is 6. The Hall–Kier alpha value is -3.52. The summed E-state index contributed by atoms with van der Waals surface area (Å²) in [5, 5.41) is 10.2. The fourth-order valence-corrected chi connectivity index (χ4v) is 4.27. The third-order valence-corrected chi connectivity index (χ3v) is 5.61. The highest BCUT2D eigenvalue weighted by atomic mass is 32.1. The van der Waals surface area contributed by atoms with Crippen LogP contribution in [0.2, 0.25) is 0 Å². The minimum Gasteiger partial charge on any atom is -0.335 e. The molecular weight excluding hydrogens is 400 g/mol. The largest absolute Gasteiger partial charge is 0.335 e. The maximum absolute atomic E-state index is 13.1. The van der Waals surface area contributed by atoms with E-state index in [1.165, 1.54) is 11.8 Å². The number of aromatic nitrogens is 2. The highest BCUT2D eigenvalue weighted by molar-refractivity contribution is 7.12. The van der Waals surface area contributed by atoms with Crippen LogP contribution in [0.25, 0.3) is 22.4 Å². The maximum atomic E-state index is 13.1. The summed E-state index contributed by atoms with van der Waals surface area (Å²) in [5.41, 5.74) is 4.30. The van der Waals surface area contributed by atoms with Crippen molar-refractivity contribution in [3.05, 3.63) is 57.4 Å². The summed E-state index contributed by atoms with van der Waals surface area (Å²) in [4.78, 5) is 31.2. The van der Waals surface area contributed by atoms with E-state index in [0.29, 0.717) is 39.4 Å². The summed E-state index contributed by atoms with van der Waals surface area (Å²) >= 11 is 1.68. The van der Waals surface area contributed by atoms with Gasteiger partial charge in [-0.05, 0) is 57.2 Å². The van der Waals surface area contributed by atoms with Gasteiger partial charge in [-0.1, -0.05) is 5.16 Å². The molecule has 8 heteroatoms. The van der Waals surface area contributed by atoms with Gasteiger partial charge in [0, 0.05) is 33.6 Å². The van der Waals surface area contributed by atoms with Crippen molar-refractivity contribution in [3.8, 4) is 11.3 Å². The molecule has 0 unspecified atom stereocenters. The number of pyridine rings is 1. The molecule has 0 saturated heterocycles. The van der Waals surface area contributed by atoms with Crippen molar-refractivity contribution in [2.75, 3.05) is 10.6 Å². The zero-order valence-corrected chi connectivity index (χ0v) is 17.8. The molecule has 3 aromatic heterocycles. The van der Waals surface area contributed by atoms with Crippen LogP contribution >= 0.6 is 11.3 Å². The third-order valence-electron chi connectivity index (χ3n) is 4.64. The molecule has 0 saturated carbocycles. The van der Waals surface area contributed by atoms with E-state index in [0.717, 1.165) is 10.4 Å². The number of fused-ring (bicyclic) bond motifs is 1. The van der Waals surface area contributed by atoms with E-state index in [4.69, 9.17) is 4.52 Å². The summed E-state index contributed by atoms with van der Waals surface area (Å²) in [7, 11) is 0. The van der Waals surface area contributed by atoms with Crippen LogP contribution in [0.15, 0.2) is 40.9 Å². The molecule has 0 spiro atoms. The van der Waals surface area contributed by atoms with Crippen LogP contribution in [0, 0.1) is 20.8 Å². The smallest absolute Gasteiger partial charge is 0.259 e. The van der Waals surface area contributed by atoms with E-state index in [-0.39, 0.29) is 11.8 Å². The van der Waals surface area contributed by atoms with Crippen molar-refractivity contribution in [1.82, 2.24) is 10.1 Å². The Bertz CT molecular complexity index is 1270. The number of nitrogens with zero attached hydrogens (tertiary/aromatic N) is 2. The molecule has 4 rings (SSSR count). The number of aryl methyl sites for hydroxylation is 3. The number of benzene rings is 1. The van der Waals surface area contributed by atoms with Crippen molar-refractivity contribution < 1.29 is 14.1 Å². The van der Waals surface area contributed by atoms with Crippen LogP contribution < -0.4 is 10.6 Å². The second-order valence-corrected chi connectivity index (χ2v) is 8.50. The van der Waals surface area contributed by atoms with Crippen LogP contribution in [-0.4, -0.2) is 22.0 Å². The van der Waals surface area contributed by atoms with E-state index in [2.05, 4.69) is 26.8 Å². The van der Waals surface area contributed by atoms with Gasteiger partial charge in [0.25, 0.3) is 11.6 Å². The van der Waals surface area contributed by atoms with Gasteiger partial charge in [0.1, 0.15) is 0 Å². The minimum atomic E-state index is -0.285. The number of thiophene rings is 1. The lowest BCUT2D eigenvalue weighted by atomic mass is 10.1. The summed E-state index contributed by atoms with van der Waals surface area (Å²) in [6.07, 6.45) is 0. The molecule has 0 aliphatic carbocycles. The average molecular weight is 420 g/mol. The molecular formula is C22H20N4O3S. The van der Waals surface area contributed by atoms with Gasteiger partial charge < -0.3 is 15.2 Å². The third kappa shape index (κ3) is 3.81. The first kappa shape index (κ1) is 19.8. The van der Waals surface area contributed by atoms with Crippen LogP contribution in [-0.2, 0) is 4.79 Å². The summed E-state index contributed by atoms with van der Waals surface area (Å²) < 4.78 is 5.37. The Kier molecular flexibility index (Phi) is 5.09. The van der Waals surface area contributed by atoms with E-state index in [1.807, 2.05) is 13.8 Å². The number of anilines is 2. The first-order valence-corrected chi connectivity index (χ1v) is 10.2. The lowest BCUT2D eigenvalue weighted by Crippen LogP contribution is -2.13. The first-order chi connectivity index (χ1) is 14.3. The molecule has 2 amide bonds. The molecule has 0 aliphatic heterocycles. The molecule has 152 valence electrons. The lowest BCUT2D eigenvalue weighted by molar-refractivity contribution is -0.114. The fraction of sp³-hybridized carbons (Fsp3) is 0.182. The van der Waals surface area contributed by atoms with Gasteiger partial charge in [0.2, 0.25) is 5.91 Å². The zero-order valence-electron chi connectivity index (χ0n) is 17.0. The number of rotatable bonds is 4. The summed E-state index contributed by atoms with van der Waals surface area (Å²) in [5.74, 6) is -0.438. The molecule has 1 aromatic carbocycles. The predicted molar refractivity (Wildman–Crippen MR) is 118 cm³/mol. The zero-order chi connectivity index (χ0) is 21.4. The van der Waals surface area contributed by atoms with Crippen molar-refractivity contribution in [1.29, 1.82) is 0 Å². The monoisotopic (exact) mass is 420 g/mol. The van der Waals surface area contributed by atoms with E-state index >= 15 is 0 Å². The van der Waals surface area contributed by atoms with Gasteiger partial charge in [0.05, 0.1) is 22.3 Å². The van der Waals surface area contributed by atoms with Crippen LogP contribution in [0.5, 0.6) is 0 Å². The van der Waals surface area contributed by atoms with Crippen LogP contribution in [0.4, 0.5) is 11.4 Å². The first-order valence-electron chi connectivity index (χ1n) is 9.35. The van der Waals surface area contributed by atoms with Gasteiger partial charge in [0.15, 0.2) is 0 Å². The minimum absolute atomic E-state index is 0.152. The number of carbonyl (C=O) groups excluding carboxylic acids is 2. The molecule has 3 heterocycles. The molecule has 0 atom stereocenters. The van der Waals surface area contributed by atoms with Crippen LogP contribution in [0.3, 0.4) is 0 Å². The second kappa shape index (κ2) is 7.72. The number of amides is 2. The van der Waals surface area contributed by atoms with Crippen molar-refractivity contribution in [2.45, 2.75) is 27.7 Å². The van der Waals surface area contributed by atoms with Gasteiger partial charge in [-0.3, -0.25) is 9.59 Å².